The number of fused-ring (bicyclic) bond motifs is 3. The average molecular weight is 399 g/mol. The lowest BCUT2D eigenvalue weighted by Crippen LogP contribution is -2.48. The monoisotopic (exact) mass is 399 g/mol. The van der Waals surface area contributed by atoms with Gasteiger partial charge in [-0.2, -0.15) is 0 Å². The Bertz CT molecular complexity index is 970. The molecule has 0 bridgehead atoms. The minimum atomic E-state index is -3.20. The van der Waals surface area contributed by atoms with Crippen molar-refractivity contribution in [3.05, 3.63) is 59.7 Å². The number of alkyl carbamates (subject to hydrolysis) is 1. The molecule has 2 aromatic rings. The number of carboxylic acid groups (broad SMARTS) is 1. The zero-order valence-corrected chi connectivity index (χ0v) is 15.4. The summed E-state index contributed by atoms with van der Waals surface area (Å²) in [6.07, 6.45) is -0.745. The molecule has 7 heteroatoms. The van der Waals surface area contributed by atoms with E-state index in [4.69, 9.17) is 9.84 Å². The molecule has 0 aliphatic heterocycles. The van der Waals surface area contributed by atoms with E-state index in [1.165, 1.54) is 0 Å². The fourth-order valence-electron chi connectivity index (χ4n) is 5.14. The Balaban J connectivity index is 1.20. The van der Waals surface area contributed by atoms with Gasteiger partial charge in [-0.15, -0.1) is 0 Å². The summed E-state index contributed by atoms with van der Waals surface area (Å²) in [5, 5.41) is 11.5. The third-order valence-corrected chi connectivity index (χ3v) is 6.63. The average Bonchev–Trinajstić information content (AvgIpc) is 3.02. The van der Waals surface area contributed by atoms with Crippen LogP contribution >= 0.6 is 0 Å². The smallest absolute Gasteiger partial charge is 0.407 e. The van der Waals surface area contributed by atoms with Gasteiger partial charge in [-0.1, -0.05) is 48.5 Å². The third-order valence-electron chi connectivity index (χ3n) is 6.63. The SMILES string of the molecule is O=C(NC1CC2(C1)C(C(=O)O)C2(F)F)OCC1c2ccccc2-c2ccccc21. The summed E-state index contributed by atoms with van der Waals surface area (Å²) in [6.45, 7) is 0.144. The third kappa shape index (κ3) is 2.49. The molecule has 29 heavy (non-hydrogen) atoms. The molecule has 1 unspecified atom stereocenters. The molecule has 0 aromatic heterocycles. The zero-order valence-electron chi connectivity index (χ0n) is 15.4. The molecule has 3 aliphatic rings. The van der Waals surface area contributed by atoms with Crippen molar-refractivity contribution in [1.29, 1.82) is 0 Å². The molecule has 2 fully saturated rings. The summed E-state index contributed by atoms with van der Waals surface area (Å²) < 4.78 is 32.9. The molecule has 0 saturated heterocycles. The van der Waals surface area contributed by atoms with Crippen LogP contribution in [0.2, 0.25) is 0 Å². The molecule has 2 aromatic carbocycles. The van der Waals surface area contributed by atoms with Crippen LogP contribution in [-0.4, -0.2) is 35.7 Å². The summed E-state index contributed by atoms with van der Waals surface area (Å²) >= 11 is 0. The largest absolute Gasteiger partial charge is 0.481 e. The molecule has 3 aliphatic carbocycles. The van der Waals surface area contributed by atoms with E-state index in [1.807, 2.05) is 48.5 Å². The first-order chi connectivity index (χ1) is 13.8. The number of nitrogens with one attached hydrogen (secondary N) is 1. The van der Waals surface area contributed by atoms with Gasteiger partial charge in [0.25, 0.3) is 5.92 Å². The van der Waals surface area contributed by atoms with Crippen LogP contribution in [0.3, 0.4) is 0 Å². The van der Waals surface area contributed by atoms with Crippen LogP contribution in [0.15, 0.2) is 48.5 Å². The molecule has 5 nitrogen and oxygen atoms in total. The second kappa shape index (κ2) is 6.02. The Hall–Kier alpha value is -2.96. The van der Waals surface area contributed by atoms with Crippen molar-refractivity contribution in [2.45, 2.75) is 30.7 Å². The summed E-state index contributed by atoms with van der Waals surface area (Å²) in [6, 6.07) is 15.4. The summed E-state index contributed by atoms with van der Waals surface area (Å²) in [7, 11) is 0. The highest BCUT2D eigenvalue weighted by molar-refractivity contribution is 5.80. The zero-order chi connectivity index (χ0) is 20.4. The van der Waals surface area contributed by atoms with E-state index in [0.717, 1.165) is 22.3 Å². The van der Waals surface area contributed by atoms with Crippen LogP contribution in [0.25, 0.3) is 11.1 Å². The molecule has 0 radical (unpaired) electrons. The van der Waals surface area contributed by atoms with Crippen molar-refractivity contribution in [1.82, 2.24) is 5.32 Å². The van der Waals surface area contributed by atoms with Gasteiger partial charge < -0.3 is 15.2 Å². The number of rotatable bonds is 4. The fraction of sp³-hybridized carbons (Fsp3) is 0.364. The van der Waals surface area contributed by atoms with Gasteiger partial charge >= 0.3 is 12.1 Å². The van der Waals surface area contributed by atoms with Gasteiger partial charge in [0.15, 0.2) is 0 Å². The maximum atomic E-state index is 13.8. The Labute approximate surface area is 165 Å². The number of carboxylic acids is 1. The van der Waals surface area contributed by atoms with E-state index >= 15 is 0 Å². The predicted octanol–water partition coefficient (Wildman–Crippen LogP) is 4.02. The van der Waals surface area contributed by atoms with Crippen molar-refractivity contribution >= 4 is 12.1 Å². The molecule has 5 rings (SSSR count). The topological polar surface area (TPSA) is 75.6 Å². The summed E-state index contributed by atoms with van der Waals surface area (Å²) in [4.78, 5) is 23.2. The van der Waals surface area contributed by atoms with E-state index in [-0.39, 0.29) is 25.4 Å². The summed E-state index contributed by atoms with van der Waals surface area (Å²) in [5.41, 5.74) is 2.92. The second-order valence-corrected chi connectivity index (χ2v) is 8.13. The molecule has 1 amide bonds. The maximum Gasteiger partial charge on any atom is 0.407 e. The van der Waals surface area contributed by atoms with Crippen molar-refractivity contribution < 1.29 is 28.2 Å². The number of carbonyl (C=O) groups excluding carboxylic acids is 1. The standard InChI is InChI=1S/C22H19F2NO4/c23-22(24)18(19(26)27)21(22)9-12(10-21)25-20(28)29-11-17-15-7-3-1-5-13(15)14-6-2-4-8-16(14)17/h1-8,12,17-18H,9-11H2,(H,25,28)(H,26,27). The highest BCUT2D eigenvalue weighted by atomic mass is 19.3. The van der Waals surface area contributed by atoms with Gasteiger partial charge in [-0.25, -0.2) is 13.6 Å². The molecular weight excluding hydrogens is 380 g/mol. The highest BCUT2D eigenvalue weighted by Crippen LogP contribution is 2.75. The molecule has 2 N–H and O–H groups in total. The van der Waals surface area contributed by atoms with Gasteiger partial charge in [0.2, 0.25) is 0 Å². The van der Waals surface area contributed by atoms with Crippen LogP contribution in [0.4, 0.5) is 13.6 Å². The lowest BCUT2D eigenvalue weighted by atomic mass is 9.74. The minimum absolute atomic E-state index is 0.0405. The number of ether oxygens (including phenoxy) is 1. The molecule has 0 heterocycles. The van der Waals surface area contributed by atoms with Crippen LogP contribution in [-0.2, 0) is 9.53 Å². The van der Waals surface area contributed by atoms with Crippen molar-refractivity contribution in [2.24, 2.45) is 11.3 Å². The van der Waals surface area contributed by atoms with Crippen LogP contribution in [0, 0.1) is 11.3 Å². The van der Waals surface area contributed by atoms with E-state index in [9.17, 15) is 18.4 Å². The highest BCUT2D eigenvalue weighted by Gasteiger charge is 2.87. The number of carbonyl (C=O) groups is 2. The van der Waals surface area contributed by atoms with Crippen molar-refractivity contribution in [3.8, 4) is 11.1 Å². The quantitative estimate of drug-likeness (QED) is 0.814. The predicted molar refractivity (Wildman–Crippen MR) is 99.7 cm³/mol. The number of benzene rings is 2. The first kappa shape index (κ1) is 18.1. The second-order valence-electron chi connectivity index (χ2n) is 8.13. The molecule has 1 spiro atoms. The number of hydrogen-bond donors (Lipinski definition) is 2. The Kier molecular flexibility index (Phi) is 3.75. The van der Waals surface area contributed by atoms with E-state index in [2.05, 4.69) is 5.32 Å². The Morgan fingerprint density at radius 2 is 1.59 bits per heavy atom. The first-order valence-electron chi connectivity index (χ1n) is 9.57. The maximum absolute atomic E-state index is 13.8. The van der Waals surface area contributed by atoms with Gasteiger partial charge in [0, 0.05) is 12.0 Å². The number of aliphatic carboxylic acids is 1. The van der Waals surface area contributed by atoms with Crippen molar-refractivity contribution in [3.63, 3.8) is 0 Å². The minimum Gasteiger partial charge on any atom is -0.481 e. The number of hydrogen-bond acceptors (Lipinski definition) is 3. The van der Waals surface area contributed by atoms with Crippen LogP contribution in [0.5, 0.6) is 0 Å². The van der Waals surface area contributed by atoms with Crippen LogP contribution in [0.1, 0.15) is 29.9 Å². The lowest BCUT2D eigenvalue weighted by Gasteiger charge is -2.36. The van der Waals surface area contributed by atoms with Gasteiger partial charge in [0.1, 0.15) is 12.5 Å². The van der Waals surface area contributed by atoms with Crippen LogP contribution < -0.4 is 5.32 Å². The molecule has 150 valence electrons. The number of alkyl halides is 2. The normalized spacial score (nSPS) is 28.2. The van der Waals surface area contributed by atoms with E-state index < -0.39 is 35.4 Å². The van der Waals surface area contributed by atoms with Gasteiger partial charge in [-0.3, -0.25) is 4.79 Å². The van der Waals surface area contributed by atoms with E-state index in [1.54, 1.807) is 0 Å². The lowest BCUT2D eigenvalue weighted by molar-refractivity contribution is -0.141. The molecule has 2 saturated carbocycles. The Morgan fingerprint density at radius 3 is 2.10 bits per heavy atom. The van der Waals surface area contributed by atoms with E-state index in [0.29, 0.717) is 0 Å². The van der Waals surface area contributed by atoms with Gasteiger partial charge in [0.05, 0.1) is 5.41 Å². The van der Waals surface area contributed by atoms with Gasteiger partial charge in [-0.05, 0) is 35.1 Å². The number of amides is 1. The number of halogens is 2. The first-order valence-corrected chi connectivity index (χ1v) is 9.57. The van der Waals surface area contributed by atoms with Crippen molar-refractivity contribution in [2.75, 3.05) is 6.61 Å². The molecular formula is C22H19F2NO4. The molecule has 1 atom stereocenters. The Morgan fingerprint density at radius 1 is 1.03 bits per heavy atom. The summed E-state index contributed by atoms with van der Waals surface area (Å²) in [5.74, 6) is -6.40. The fourth-order valence-corrected chi connectivity index (χ4v) is 5.14.